The summed E-state index contributed by atoms with van der Waals surface area (Å²) in [7, 11) is 1.54. The quantitative estimate of drug-likeness (QED) is 0.201. The first-order chi connectivity index (χ1) is 16.6. The molecule has 1 aromatic heterocycles. The maximum atomic E-state index is 13.2. The highest BCUT2D eigenvalue weighted by Crippen LogP contribution is 2.26. The lowest BCUT2D eigenvalue weighted by atomic mass is 9.98. The first-order valence-electron chi connectivity index (χ1n) is 11.2. The number of rotatable bonds is 11. The van der Waals surface area contributed by atoms with Gasteiger partial charge in [0.15, 0.2) is 4.93 Å². The molecule has 0 aliphatic carbocycles. The van der Waals surface area contributed by atoms with Crippen LogP contribution in [-0.4, -0.2) is 69.9 Å². The van der Waals surface area contributed by atoms with E-state index in [1.165, 1.54) is 19.4 Å². The fourth-order valence-electron chi connectivity index (χ4n) is 3.80. The van der Waals surface area contributed by atoms with Crippen LogP contribution in [0.3, 0.4) is 0 Å². The van der Waals surface area contributed by atoms with Crippen LogP contribution in [0.25, 0.3) is 10.9 Å². The monoisotopic (exact) mass is 502 g/mol. The molecule has 3 rings (SSSR count). The molecule has 0 spiro atoms. The van der Waals surface area contributed by atoms with E-state index in [2.05, 4.69) is 33.2 Å². The predicted molar refractivity (Wildman–Crippen MR) is 135 cm³/mol. The van der Waals surface area contributed by atoms with E-state index in [1.54, 1.807) is 18.2 Å². The molecule has 0 unspecified atom stereocenters. The second-order valence-electron chi connectivity index (χ2n) is 8.84. The van der Waals surface area contributed by atoms with Crippen LogP contribution in [-0.2, 0) is 9.59 Å². The third-order valence-electron chi connectivity index (χ3n) is 5.69. The highest BCUT2D eigenvalue weighted by Gasteiger charge is 2.37. The molecule has 188 valence electrons. The molecule has 5 N–H and O–H groups in total. The maximum absolute atomic E-state index is 13.2. The molecule has 3 atom stereocenters. The number of nitrogens with one attached hydrogen (secondary N) is 3. The number of thiol groups is 1. The Bertz CT molecular complexity index is 1170. The lowest BCUT2D eigenvalue weighted by Crippen LogP contribution is -2.57. The number of aromatic amines is 1. The number of amides is 3. The molecule has 1 aliphatic rings. The van der Waals surface area contributed by atoms with Crippen LogP contribution >= 0.6 is 12.6 Å². The van der Waals surface area contributed by atoms with Gasteiger partial charge in [0.2, 0.25) is 5.91 Å². The number of fused-ring (bicyclic) bond motifs is 1. The van der Waals surface area contributed by atoms with E-state index in [0.717, 1.165) is 5.39 Å². The molecule has 11 heteroatoms. The number of nitrogens with zero attached hydrogens (tertiary/aromatic N) is 1. The Morgan fingerprint density at radius 3 is 2.63 bits per heavy atom. The van der Waals surface area contributed by atoms with Crippen LogP contribution in [0.15, 0.2) is 40.9 Å². The van der Waals surface area contributed by atoms with E-state index in [0.29, 0.717) is 17.7 Å². The van der Waals surface area contributed by atoms with Crippen molar-refractivity contribution in [2.75, 3.05) is 13.7 Å². The van der Waals surface area contributed by atoms with Crippen molar-refractivity contribution < 1.29 is 29.3 Å². The number of carbonyl (C=O) groups is 3. The van der Waals surface area contributed by atoms with Gasteiger partial charge in [0.05, 0.1) is 19.8 Å². The minimum absolute atomic E-state index is 0.0487. The number of aromatic nitrogens is 1. The van der Waals surface area contributed by atoms with Gasteiger partial charge in [-0.2, -0.15) is 0 Å². The summed E-state index contributed by atoms with van der Waals surface area (Å²) in [6.07, 6.45) is 3.00. The van der Waals surface area contributed by atoms with Crippen molar-refractivity contribution in [1.29, 1.82) is 0 Å². The van der Waals surface area contributed by atoms with Gasteiger partial charge in [-0.1, -0.05) is 19.9 Å². The van der Waals surface area contributed by atoms with Gasteiger partial charge in [-0.25, -0.2) is 4.99 Å². The van der Waals surface area contributed by atoms with Crippen molar-refractivity contribution in [2.24, 2.45) is 10.9 Å². The highest BCUT2D eigenvalue weighted by atomic mass is 32.1. The number of ether oxygens (including phenoxy) is 1. The summed E-state index contributed by atoms with van der Waals surface area (Å²) in [4.78, 5) is 42.8. The Hall–Kier alpha value is -3.15. The van der Waals surface area contributed by atoms with Crippen molar-refractivity contribution in [3.8, 4) is 5.75 Å². The van der Waals surface area contributed by atoms with Crippen LogP contribution in [0.5, 0.6) is 5.75 Å². The Kier molecular flexibility index (Phi) is 8.36. The molecule has 0 bridgehead atoms. The number of carbonyl (C=O) groups excluding carboxylic acids is 3. The maximum Gasteiger partial charge on any atom is 0.273 e. The van der Waals surface area contributed by atoms with E-state index in [9.17, 15) is 24.6 Å². The zero-order valence-electron chi connectivity index (χ0n) is 19.7. The largest absolute Gasteiger partial charge is 0.496 e. The summed E-state index contributed by atoms with van der Waals surface area (Å²) in [5, 5.41) is 26.3. The number of methoxy groups -OCH3 is 1. The number of benzene rings is 1. The normalized spacial score (nSPS) is 16.7. The van der Waals surface area contributed by atoms with E-state index in [4.69, 9.17) is 4.74 Å². The van der Waals surface area contributed by atoms with Crippen LogP contribution in [0, 0.1) is 5.92 Å². The van der Waals surface area contributed by atoms with Crippen molar-refractivity contribution in [1.82, 2.24) is 15.6 Å². The average molecular weight is 503 g/mol. The molecular formula is C24H30N4O6S. The fraction of sp³-hybridized carbons (Fsp3) is 0.417. The Morgan fingerprint density at radius 1 is 1.29 bits per heavy atom. The fourth-order valence-corrected chi connectivity index (χ4v) is 3.96. The number of aliphatic hydroxyl groups is 2. The molecule has 1 aromatic carbocycles. The molecule has 0 fully saturated rings. The Balaban J connectivity index is 1.80. The van der Waals surface area contributed by atoms with Gasteiger partial charge in [-0.15, -0.1) is 12.6 Å². The zero-order chi connectivity index (χ0) is 25.8. The van der Waals surface area contributed by atoms with Gasteiger partial charge in [0, 0.05) is 29.1 Å². The lowest BCUT2D eigenvalue weighted by Gasteiger charge is -2.32. The number of H-pyrrole nitrogens is 1. The first kappa shape index (κ1) is 26.5. The van der Waals surface area contributed by atoms with E-state index < -0.39 is 41.3 Å². The van der Waals surface area contributed by atoms with Crippen molar-refractivity contribution in [3.05, 3.63) is 41.6 Å². The molecule has 0 saturated heterocycles. The van der Waals surface area contributed by atoms with Gasteiger partial charge in [0.25, 0.3) is 11.8 Å². The molecule has 2 aromatic rings. The molecule has 10 nitrogen and oxygen atoms in total. The molecule has 0 saturated carbocycles. The molecule has 2 heterocycles. The molecular weight excluding hydrogens is 472 g/mol. The van der Waals surface area contributed by atoms with Gasteiger partial charge in [0.1, 0.15) is 17.5 Å². The predicted octanol–water partition coefficient (Wildman–Crippen LogP) is 1.34. The zero-order valence-corrected chi connectivity index (χ0v) is 20.6. The molecule has 1 aliphatic heterocycles. The van der Waals surface area contributed by atoms with Gasteiger partial charge in [-0.3, -0.25) is 14.4 Å². The Labute approximate surface area is 208 Å². The summed E-state index contributed by atoms with van der Waals surface area (Å²) in [5.41, 5.74) is 1.22. The third kappa shape index (κ3) is 6.30. The van der Waals surface area contributed by atoms with Crippen molar-refractivity contribution in [3.63, 3.8) is 0 Å². The average Bonchev–Trinajstić information content (AvgIpc) is 3.43. The van der Waals surface area contributed by atoms with Crippen LogP contribution in [0.2, 0.25) is 0 Å². The van der Waals surface area contributed by atoms with Crippen molar-refractivity contribution in [2.45, 2.75) is 43.7 Å². The summed E-state index contributed by atoms with van der Waals surface area (Å²) in [5.74, 6) is -0.918. The van der Waals surface area contributed by atoms with Crippen LogP contribution in [0.4, 0.5) is 0 Å². The number of aliphatic hydroxyl groups excluding tert-OH is 1. The van der Waals surface area contributed by atoms with E-state index in [-0.39, 0.29) is 23.6 Å². The molecule has 35 heavy (non-hydrogen) atoms. The molecule has 3 amide bonds. The lowest BCUT2D eigenvalue weighted by molar-refractivity contribution is -0.125. The molecule has 0 radical (unpaired) electrons. The van der Waals surface area contributed by atoms with Gasteiger partial charge >= 0.3 is 0 Å². The second-order valence-corrected chi connectivity index (χ2v) is 9.61. The SMILES string of the molecule is COc1cccc2[nH]c(C(=O)N[C@@H](CC(C)C)C(=O)N[C@@H](CC3=CC=NC3=O)[C@@](O)(S)CO)cc12. The Morgan fingerprint density at radius 2 is 2.03 bits per heavy atom. The topological polar surface area (TPSA) is 153 Å². The standard InChI is InChI=1S/C24H30N4O6S/c1-13(2)9-17(27-22(31)18-11-15-16(26-18)5-4-6-19(15)34-3)23(32)28-20(24(33,35)12-29)10-14-7-8-25-21(14)30/h4-8,11,13,17,20,26,29,33,35H,9-10,12H2,1-3H3,(H,27,31)(H,28,32)/t17-,20-,24-/m0/s1. The number of hydrogen-bond acceptors (Lipinski definition) is 7. The number of hydrogen-bond donors (Lipinski definition) is 6. The van der Waals surface area contributed by atoms with E-state index in [1.807, 2.05) is 19.9 Å². The second kappa shape index (κ2) is 11.1. The van der Waals surface area contributed by atoms with Gasteiger partial charge < -0.3 is 30.6 Å². The first-order valence-corrected chi connectivity index (χ1v) is 11.6. The van der Waals surface area contributed by atoms with Crippen molar-refractivity contribution >= 4 is 47.5 Å². The van der Waals surface area contributed by atoms with E-state index >= 15 is 0 Å². The van der Waals surface area contributed by atoms with Crippen LogP contribution < -0.4 is 15.4 Å². The number of aliphatic imine (C=N–C) groups is 1. The summed E-state index contributed by atoms with van der Waals surface area (Å²) in [6.45, 7) is 3.03. The minimum atomic E-state index is -2.01. The number of allylic oxidation sites excluding steroid dienone is 1. The summed E-state index contributed by atoms with van der Waals surface area (Å²) < 4.78 is 5.34. The smallest absolute Gasteiger partial charge is 0.273 e. The summed E-state index contributed by atoms with van der Waals surface area (Å²) in [6, 6.07) is 4.96. The van der Waals surface area contributed by atoms with Gasteiger partial charge in [-0.05, 0) is 36.6 Å². The minimum Gasteiger partial charge on any atom is -0.496 e. The highest BCUT2D eigenvalue weighted by molar-refractivity contribution is 7.81. The summed E-state index contributed by atoms with van der Waals surface area (Å²) >= 11 is 4.08. The van der Waals surface area contributed by atoms with Crippen LogP contribution in [0.1, 0.15) is 37.2 Å². The third-order valence-corrected chi connectivity index (χ3v) is 6.14.